The Kier molecular flexibility index (Phi) is 3.15. The highest BCUT2D eigenvalue weighted by Gasteiger charge is 2.07. The van der Waals surface area contributed by atoms with Gasteiger partial charge >= 0.3 is 0 Å². The zero-order valence-corrected chi connectivity index (χ0v) is 10.1. The summed E-state index contributed by atoms with van der Waals surface area (Å²) in [7, 11) is 3.67. The van der Waals surface area contributed by atoms with Crippen LogP contribution < -0.4 is 10.1 Å². The minimum absolute atomic E-state index is 0.894. The number of benzene rings is 1. The molecule has 0 spiro atoms. The topological polar surface area (TPSA) is 26.2 Å². The number of methoxy groups -OCH3 is 1. The average molecular weight is 218 g/mol. The van der Waals surface area contributed by atoms with Crippen LogP contribution in [0.2, 0.25) is 0 Å². The summed E-state index contributed by atoms with van der Waals surface area (Å²) in [4.78, 5) is 0. The first kappa shape index (κ1) is 11.0. The molecule has 0 bridgehead atoms. The maximum Gasteiger partial charge on any atom is 0.120 e. The van der Waals surface area contributed by atoms with Crippen molar-refractivity contribution in [1.29, 1.82) is 0 Å². The molecule has 1 aromatic carbocycles. The molecule has 1 heterocycles. The quantitative estimate of drug-likeness (QED) is 0.852. The zero-order chi connectivity index (χ0) is 11.5. The van der Waals surface area contributed by atoms with Crippen molar-refractivity contribution < 1.29 is 4.74 Å². The summed E-state index contributed by atoms with van der Waals surface area (Å²) < 4.78 is 7.58. The molecule has 0 unspecified atom stereocenters. The lowest BCUT2D eigenvalue weighted by Gasteiger charge is -2.07. The number of hydrogen-bond acceptors (Lipinski definition) is 2. The van der Waals surface area contributed by atoms with Gasteiger partial charge in [-0.15, -0.1) is 0 Å². The second kappa shape index (κ2) is 4.58. The van der Waals surface area contributed by atoms with Crippen LogP contribution >= 0.6 is 0 Å². The molecular weight excluding hydrogens is 200 g/mol. The first-order chi connectivity index (χ1) is 7.80. The summed E-state index contributed by atoms with van der Waals surface area (Å²) in [6, 6.07) is 8.44. The first-order valence-electron chi connectivity index (χ1n) is 5.61. The highest BCUT2D eigenvalue weighted by molar-refractivity contribution is 5.82. The second-order valence-corrected chi connectivity index (χ2v) is 3.84. The SMILES string of the molecule is CCn1c(CNC)cc2ccc(OC)cc21. The maximum absolute atomic E-state index is 5.26. The highest BCUT2D eigenvalue weighted by atomic mass is 16.5. The van der Waals surface area contributed by atoms with Gasteiger partial charge in [0.2, 0.25) is 0 Å². The molecule has 0 radical (unpaired) electrons. The van der Waals surface area contributed by atoms with E-state index < -0.39 is 0 Å². The Balaban J connectivity index is 2.58. The third-order valence-corrected chi connectivity index (χ3v) is 2.87. The number of rotatable bonds is 4. The molecule has 0 saturated carbocycles. The van der Waals surface area contributed by atoms with Gasteiger partial charge in [0.15, 0.2) is 0 Å². The van der Waals surface area contributed by atoms with Crippen molar-refractivity contribution in [2.75, 3.05) is 14.2 Å². The average Bonchev–Trinajstić information content (AvgIpc) is 2.65. The Morgan fingerprint density at radius 2 is 2.12 bits per heavy atom. The van der Waals surface area contributed by atoms with Crippen molar-refractivity contribution >= 4 is 10.9 Å². The minimum Gasteiger partial charge on any atom is -0.497 e. The van der Waals surface area contributed by atoms with Crippen LogP contribution in [-0.4, -0.2) is 18.7 Å². The molecule has 0 aliphatic carbocycles. The second-order valence-electron chi connectivity index (χ2n) is 3.84. The molecule has 0 saturated heterocycles. The molecule has 16 heavy (non-hydrogen) atoms. The van der Waals surface area contributed by atoms with E-state index >= 15 is 0 Å². The van der Waals surface area contributed by atoms with Gasteiger partial charge in [0.1, 0.15) is 5.75 Å². The number of ether oxygens (including phenoxy) is 1. The first-order valence-corrected chi connectivity index (χ1v) is 5.61. The largest absolute Gasteiger partial charge is 0.497 e. The minimum atomic E-state index is 0.894. The predicted molar refractivity (Wildman–Crippen MR) is 66.9 cm³/mol. The van der Waals surface area contributed by atoms with Crippen LogP contribution in [0.15, 0.2) is 24.3 Å². The van der Waals surface area contributed by atoms with Crippen LogP contribution in [0.3, 0.4) is 0 Å². The van der Waals surface area contributed by atoms with E-state index in [0.29, 0.717) is 0 Å². The molecule has 1 N–H and O–H groups in total. The Labute approximate surface area is 96.0 Å². The summed E-state index contributed by atoms with van der Waals surface area (Å²) >= 11 is 0. The zero-order valence-electron chi connectivity index (χ0n) is 10.1. The standard InChI is InChI=1S/C13H18N2O/c1-4-15-11(9-14-2)7-10-5-6-12(16-3)8-13(10)15/h5-8,14H,4,9H2,1-3H3. The Morgan fingerprint density at radius 1 is 1.31 bits per heavy atom. The van der Waals surface area contributed by atoms with Gasteiger partial charge in [-0.05, 0) is 32.2 Å². The number of hydrogen-bond donors (Lipinski definition) is 1. The molecule has 0 amide bonds. The van der Waals surface area contributed by atoms with Crippen LogP contribution in [-0.2, 0) is 13.1 Å². The number of nitrogens with one attached hydrogen (secondary N) is 1. The highest BCUT2D eigenvalue weighted by Crippen LogP contribution is 2.24. The van der Waals surface area contributed by atoms with Gasteiger partial charge in [-0.1, -0.05) is 0 Å². The van der Waals surface area contributed by atoms with E-state index in [0.717, 1.165) is 18.8 Å². The van der Waals surface area contributed by atoms with E-state index in [1.807, 2.05) is 13.1 Å². The van der Waals surface area contributed by atoms with Crippen LogP contribution in [0, 0.1) is 0 Å². The lowest BCUT2D eigenvalue weighted by molar-refractivity contribution is 0.415. The summed E-state index contributed by atoms with van der Waals surface area (Å²) in [5.41, 5.74) is 2.56. The molecule has 3 nitrogen and oxygen atoms in total. The fourth-order valence-electron chi connectivity index (χ4n) is 2.12. The molecule has 1 aromatic heterocycles. The summed E-state index contributed by atoms with van der Waals surface area (Å²) in [5.74, 6) is 0.913. The van der Waals surface area contributed by atoms with Gasteiger partial charge < -0.3 is 14.6 Å². The van der Waals surface area contributed by atoms with Gasteiger partial charge in [0, 0.05) is 30.2 Å². The molecule has 2 rings (SSSR count). The van der Waals surface area contributed by atoms with Crippen molar-refractivity contribution in [3.05, 3.63) is 30.0 Å². The number of nitrogens with zero attached hydrogens (tertiary/aromatic N) is 1. The monoisotopic (exact) mass is 218 g/mol. The smallest absolute Gasteiger partial charge is 0.120 e. The van der Waals surface area contributed by atoms with Crippen LogP contribution in [0.4, 0.5) is 0 Å². The van der Waals surface area contributed by atoms with E-state index in [2.05, 4.69) is 35.0 Å². The summed E-state index contributed by atoms with van der Waals surface area (Å²) in [6.45, 7) is 4.04. The van der Waals surface area contributed by atoms with Gasteiger partial charge in [0.25, 0.3) is 0 Å². The van der Waals surface area contributed by atoms with E-state index in [1.165, 1.54) is 16.6 Å². The van der Waals surface area contributed by atoms with Gasteiger partial charge in [-0.25, -0.2) is 0 Å². The number of aryl methyl sites for hydroxylation is 1. The maximum atomic E-state index is 5.26. The molecule has 3 heteroatoms. The number of fused-ring (bicyclic) bond motifs is 1. The van der Waals surface area contributed by atoms with Crippen molar-refractivity contribution in [2.45, 2.75) is 20.0 Å². The summed E-state index contributed by atoms with van der Waals surface area (Å²) in [6.07, 6.45) is 0. The fraction of sp³-hybridized carbons (Fsp3) is 0.385. The van der Waals surface area contributed by atoms with Crippen molar-refractivity contribution in [3.8, 4) is 5.75 Å². The van der Waals surface area contributed by atoms with Gasteiger partial charge in [-0.2, -0.15) is 0 Å². The molecule has 0 aliphatic heterocycles. The predicted octanol–water partition coefficient (Wildman–Crippen LogP) is 2.39. The van der Waals surface area contributed by atoms with Crippen LogP contribution in [0.5, 0.6) is 5.75 Å². The normalized spacial score (nSPS) is 10.9. The van der Waals surface area contributed by atoms with E-state index in [1.54, 1.807) is 7.11 Å². The van der Waals surface area contributed by atoms with Gasteiger partial charge in [-0.3, -0.25) is 0 Å². The lowest BCUT2D eigenvalue weighted by atomic mass is 10.2. The van der Waals surface area contributed by atoms with Gasteiger partial charge in [0.05, 0.1) is 12.6 Å². The lowest BCUT2D eigenvalue weighted by Crippen LogP contribution is -2.10. The molecule has 0 aliphatic rings. The fourth-order valence-corrected chi connectivity index (χ4v) is 2.12. The Morgan fingerprint density at radius 3 is 2.75 bits per heavy atom. The van der Waals surface area contributed by atoms with E-state index in [9.17, 15) is 0 Å². The molecule has 2 aromatic rings. The third-order valence-electron chi connectivity index (χ3n) is 2.87. The van der Waals surface area contributed by atoms with E-state index in [4.69, 9.17) is 4.74 Å². The molecule has 0 fully saturated rings. The molecular formula is C13H18N2O. The van der Waals surface area contributed by atoms with Crippen molar-refractivity contribution in [2.24, 2.45) is 0 Å². The van der Waals surface area contributed by atoms with Crippen LogP contribution in [0.25, 0.3) is 10.9 Å². The number of aromatic nitrogens is 1. The van der Waals surface area contributed by atoms with Crippen molar-refractivity contribution in [3.63, 3.8) is 0 Å². The van der Waals surface area contributed by atoms with Crippen LogP contribution in [0.1, 0.15) is 12.6 Å². The molecule has 86 valence electrons. The van der Waals surface area contributed by atoms with E-state index in [-0.39, 0.29) is 0 Å². The Bertz CT molecular complexity index is 488. The van der Waals surface area contributed by atoms with Crippen molar-refractivity contribution in [1.82, 2.24) is 9.88 Å². The molecule has 0 atom stereocenters. The third kappa shape index (κ3) is 1.78. The summed E-state index contributed by atoms with van der Waals surface area (Å²) in [5, 5.41) is 4.47. The Hall–Kier alpha value is -1.48.